The van der Waals surface area contributed by atoms with E-state index in [1.807, 2.05) is 0 Å². The average molecular weight is 233 g/mol. The molecular formula is C12H25ClN2. The number of nitrogens with two attached hydrogens (primary N) is 1. The molecule has 0 spiro atoms. The van der Waals surface area contributed by atoms with Gasteiger partial charge in [-0.15, -0.1) is 12.4 Å². The Balaban J connectivity index is 0.00000112. The van der Waals surface area contributed by atoms with Crippen LogP contribution in [0.3, 0.4) is 0 Å². The van der Waals surface area contributed by atoms with Crippen molar-refractivity contribution in [1.29, 1.82) is 0 Å². The molecule has 3 heteroatoms. The number of halogens is 1. The fourth-order valence-corrected chi connectivity index (χ4v) is 4.06. The molecule has 0 aromatic heterocycles. The second-order valence-corrected chi connectivity index (χ2v) is 6.26. The zero-order chi connectivity index (χ0) is 10.7. The van der Waals surface area contributed by atoms with Crippen molar-refractivity contribution in [2.24, 2.45) is 22.5 Å². The molecule has 2 saturated carbocycles. The zero-order valence-corrected chi connectivity index (χ0v) is 11.4. The SMILES string of the molecule is CN(C)C1C2CCC(C)(C1N)C2(C)C.Cl. The molecule has 2 aliphatic carbocycles. The topological polar surface area (TPSA) is 29.3 Å². The minimum atomic E-state index is 0. The summed E-state index contributed by atoms with van der Waals surface area (Å²) in [6.07, 6.45) is 2.68. The van der Waals surface area contributed by atoms with E-state index < -0.39 is 0 Å². The molecule has 90 valence electrons. The van der Waals surface area contributed by atoms with Crippen molar-refractivity contribution in [3.05, 3.63) is 0 Å². The number of fused-ring (bicyclic) bond motifs is 2. The third-order valence-corrected chi connectivity index (χ3v) is 5.49. The van der Waals surface area contributed by atoms with Crippen molar-refractivity contribution in [2.75, 3.05) is 14.1 Å². The van der Waals surface area contributed by atoms with Crippen molar-refractivity contribution in [2.45, 2.75) is 45.7 Å². The van der Waals surface area contributed by atoms with Crippen molar-refractivity contribution in [3.8, 4) is 0 Å². The van der Waals surface area contributed by atoms with Crippen LogP contribution in [-0.4, -0.2) is 31.1 Å². The fraction of sp³-hybridized carbons (Fsp3) is 1.00. The van der Waals surface area contributed by atoms with E-state index in [2.05, 4.69) is 39.8 Å². The van der Waals surface area contributed by atoms with E-state index in [0.29, 0.717) is 22.9 Å². The van der Waals surface area contributed by atoms with Crippen LogP contribution in [0, 0.1) is 16.7 Å². The van der Waals surface area contributed by atoms with Crippen LogP contribution in [0.5, 0.6) is 0 Å². The van der Waals surface area contributed by atoms with Crippen molar-refractivity contribution in [3.63, 3.8) is 0 Å². The van der Waals surface area contributed by atoms with Gasteiger partial charge in [0.1, 0.15) is 0 Å². The summed E-state index contributed by atoms with van der Waals surface area (Å²) in [6, 6.07) is 0.940. The molecule has 4 unspecified atom stereocenters. The van der Waals surface area contributed by atoms with Gasteiger partial charge in [0.2, 0.25) is 0 Å². The standard InChI is InChI=1S/C12H24N2.ClH/c1-11(2)8-6-7-12(11,3)10(13)9(8)14(4)5;/h8-10H,6-7,13H2,1-5H3;1H. The lowest BCUT2D eigenvalue weighted by molar-refractivity contribution is 0.133. The molecule has 0 saturated heterocycles. The largest absolute Gasteiger partial charge is 0.326 e. The van der Waals surface area contributed by atoms with Gasteiger partial charge in [0.25, 0.3) is 0 Å². The lowest BCUT2D eigenvalue weighted by atomic mass is 9.69. The van der Waals surface area contributed by atoms with Crippen LogP contribution in [-0.2, 0) is 0 Å². The lowest BCUT2D eigenvalue weighted by Crippen LogP contribution is -2.51. The van der Waals surface area contributed by atoms with Gasteiger partial charge < -0.3 is 10.6 Å². The Morgan fingerprint density at radius 1 is 1.20 bits per heavy atom. The summed E-state index contributed by atoms with van der Waals surface area (Å²) in [4.78, 5) is 2.33. The molecule has 2 rings (SSSR count). The molecule has 2 aliphatic rings. The summed E-state index contributed by atoms with van der Waals surface area (Å²) >= 11 is 0. The van der Waals surface area contributed by atoms with Crippen LogP contribution in [0.15, 0.2) is 0 Å². The summed E-state index contributed by atoms with van der Waals surface area (Å²) < 4.78 is 0. The fourth-order valence-electron chi connectivity index (χ4n) is 4.06. The minimum absolute atomic E-state index is 0. The lowest BCUT2D eigenvalue weighted by Gasteiger charge is -2.39. The Morgan fingerprint density at radius 3 is 2.00 bits per heavy atom. The predicted molar refractivity (Wildman–Crippen MR) is 67.3 cm³/mol. The third-order valence-electron chi connectivity index (χ3n) is 5.49. The van der Waals surface area contributed by atoms with Crippen LogP contribution in [0.25, 0.3) is 0 Å². The van der Waals surface area contributed by atoms with Gasteiger partial charge in [-0.25, -0.2) is 0 Å². The third kappa shape index (κ3) is 1.38. The Bertz CT molecular complexity index is 252. The first-order valence-electron chi connectivity index (χ1n) is 5.74. The van der Waals surface area contributed by atoms with E-state index in [1.54, 1.807) is 0 Å². The average Bonchev–Trinajstić information content (AvgIpc) is 2.35. The molecule has 0 aromatic carbocycles. The highest BCUT2D eigenvalue weighted by atomic mass is 35.5. The Kier molecular flexibility index (Phi) is 3.19. The molecule has 0 aliphatic heterocycles. The number of hydrogen-bond donors (Lipinski definition) is 1. The molecule has 2 fully saturated rings. The monoisotopic (exact) mass is 232 g/mol. The van der Waals surface area contributed by atoms with Crippen LogP contribution in [0.4, 0.5) is 0 Å². The van der Waals surface area contributed by atoms with Crippen LogP contribution in [0.1, 0.15) is 33.6 Å². The van der Waals surface area contributed by atoms with Crippen LogP contribution in [0.2, 0.25) is 0 Å². The van der Waals surface area contributed by atoms with E-state index in [9.17, 15) is 0 Å². The summed E-state index contributed by atoms with van der Waals surface area (Å²) in [5.74, 6) is 0.789. The smallest absolute Gasteiger partial charge is 0.0280 e. The number of likely N-dealkylation sites (N-methyl/N-ethyl adjacent to an activating group) is 1. The van der Waals surface area contributed by atoms with Crippen LogP contribution >= 0.6 is 12.4 Å². The molecular weight excluding hydrogens is 208 g/mol. The Morgan fingerprint density at radius 2 is 1.73 bits per heavy atom. The molecule has 2 N–H and O–H groups in total. The highest BCUT2D eigenvalue weighted by Crippen LogP contribution is 2.65. The zero-order valence-electron chi connectivity index (χ0n) is 10.6. The van der Waals surface area contributed by atoms with E-state index in [-0.39, 0.29) is 12.4 Å². The Labute approximate surface area is 100.0 Å². The first-order valence-corrected chi connectivity index (χ1v) is 5.74. The number of rotatable bonds is 1. The van der Waals surface area contributed by atoms with Crippen molar-refractivity contribution in [1.82, 2.24) is 4.90 Å². The normalized spacial score (nSPS) is 47.0. The summed E-state index contributed by atoms with van der Waals surface area (Å²) in [6.45, 7) is 7.21. The van der Waals surface area contributed by atoms with Gasteiger partial charge in [0, 0.05) is 12.1 Å². The first kappa shape index (κ1) is 13.3. The quantitative estimate of drug-likeness (QED) is 0.751. The van der Waals surface area contributed by atoms with Gasteiger partial charge in [-0.1, -0.05) is 20.8 Å². The van der Waals surface area contributed by atoms with Crippen molar-refractivity contribution < 1.29 is 0 Å². The molecule has 15 heavy (non-hydrogen) atoms. The second kappa shape index (κ2) is 3.61. The molecule has 0 heterocycles. The first-order chi connectivity index (χ1) is 6.32. The molecule has 0 aromatic rings. The summed E-state index contributed by atoms with van der Waals surface area (Å²) in [7, 11) is 4.34. The second-order valence-electron chi connectivity index (χ2n) is 6.26. The maximum atomic E-state index is 6.43. The van der Waals surface area contributed by atoms with Gasteiger partial charge >= 0.3 is 0 Å². The van der Waals surface area contributed by atoms with E-state index in [0.717, 1.165) is 5.92 Å². The number of nitrogens with zero attached hydrogens (tertiary/aromatic N) is 1. The van der Waals surface area contributed by atoms with E-state index in [1.165, 1.54) is 12.8 Å². The molecule has 0 amide bonds. The van der Waals surface area contributed by atoms with Gasteiger partial charge in [-0.2, -0.15) is 0 Å². The van der Waals surface area contributed by atoms with Gasteiger partial charge in [0.05, 0.1) is 0 Å². The maximum absolute atomic E-state index is 6.43. The Hall–Kier alpha value is 0.210. The van der Waals surface area contributed by atoms with E-state index >= 15 is 0 Å². The van der Waals surface area contributed by atoms with Crippen molar-refractivity contribution >= 4 is 12.4 Å². The summed E-state index contributed by atoms with van der Waals surface area (Å²) in [5.41, 5.74) is 7.21. The van der Waals surface area contributed by atoms with Gasteiger partial charge in [-0.05, 0) is 43.7 Å². The maximum Gasteiger partial charge on any atom is 0.0280 e. The highest BCUT2D eigenvalue weighted by Gasteiger charge is 2.65. The minimum Gasteiger partial charge on any atom is -0.326 e. The molecule has 2 bridgehead atoms. The summed E-state index contributed by atoms with van der Waals surface area (Å²) in [5, 5.41) is 0. The molecule has 2 nitrogen and oxygen atoms in total. The van der Waals surface area contributed by atoms with Gasteiger partial charge in [0.15, 0.2) is 0 Å². The predicted octanol–water partition coefficient (Wildman–Crippen LogP) is 2.12. The van der Waals surface area contributed by atoms with Crippen LogP contribution < -0.4 is 5.73 Å². The highest BCUT2D eigenvalue weighted by molar-refractivity contribution is 5.85. The molecule has 4 atom stereocenters. The van der Waals surface area contributed by atoms with E-state index in [4.69, 9.17) is 5.73 Å². The van der Waals surface area contributed by atoms with Gasteiger partial charge in [-0.3, -0.25) is 0 Å². The number of hydrogen-bond acceptors (Lipinski definition) is 2. The molecule has 0 radical (unpaired) electrons.